The largest absolute Gasteiger partial charge is 0.330 e. The second kappa shape index (κ2) is 4.68. The number of nitrogens with two attached hydrogens (primary N) is 1. The first-order valence-electron chi connectivity index (χ1n) is 4.43. The van der Waals surface area contributed by atoms with Gasteiger partial charge in [-0.05, 0) is 24.4 Å². The van der Waals surface area contributed by atoms with Crippen molar-refractivity contribution in [3.63, 3.8) is 0 Å². The molecule has 13 heavy (non-hydrogen) atoms. The van der Waals surface area contributed by atoms with Gasteiger partial charge in [0.1, 0.15) is 6.54 Å². The van der Waals surface area contributed by atoms with Crippen molar-refractivity contribution in [3.8, 4) is 12.3 Å². The fourth-order valence-corrected chi connectivity index (χ4v) is 1.23. The summed E-state index contributed by atoms with van der Waals surface area (Å²) in [6.07, 6.45) is 10.0. The summed E-state index contributed by atoms with van der Waals surface area (Å²) in [5.41, 5.74) is 6.68. The summed E-state index contributed by atoms with van der Waals surface area (Å²) in [6, 6.07) is 0. The average Bonchev–Trinajstić information content (AvgIpc) is 2.54. The smallest absolute Gasteiger partial charge is 0.101 e. The van der Waals surface area contributed by atoms with Crippen molar-refractivity contribution in [1.82, 2.24) is 9.78 Å². The van der Waals surface area contributed by atoms with Crippen LogP contribution in [0, 0.1) is 12.3 Å². The zero-order valence-electron chi connectivity index (χ0n) is 7.90. The highest BCUT2D eigenvalue weighted by molar-refractivity contribution is 5.10. The fraction of sp³-hybridized carbons (Fsp3) is 0.500. The van der Waals surface area contributed by atoms with E-state index in [1.807, 2.05) is 12.4 Å². The first kappa shape index (κ1) is 9.82. The number of hydrogen-bond acceptors (Lipinski definition) is 2. The quantitative estimate of drug-likeness (QED) is 0.696. The molecule has 0 saturated carbocycles. The standard InChI is InChI=1S/C10H15N3/c1-3-6-13-8-10(7-12-13)9(2)4-5-11/h1,7-9H,4-6,11H2,2H3. The van der Waals surface area contributed by atoms with Crippen LogP contribution in [-0.4, -0.2) is 16.3 Å². The normalized spacial score (nSPS) is 12.4. The molecule has 1 unspecified atom stereocenters. The second-order valence-electron chi connectivity index (χ2n) is 3.15. The van der Waals surface area contributed by atoms with Crippen molar-refractivity contribution in [1.29, 1.82) is 0 Å². The van der Waals surface area contributed by atoms with Crippen LogP contribution in [0.3, 0.4) is 0 Å². The molecule has 0 amide bonds. The monoisotopic (exact) mass is 177 g/mol. The number of aromatic nitrogens is 2. The summed E-state index contributed by atoms with van der Waals surface area (Å²) in [5, 5.41) is 4.14. The molecule has 1 rings (SSSR count). The fourth-order valence-electron chi connectivity index (χ4n) is 1.23. The summed E-state index contributed by atoms with van der Waals surface area (Å²) in [4.78, 5) is 0. The topological polar surface area (TPSA) is 43.8 Å². The van der Waals surface area contributed by atoms with Gasteiger partial charge in [0.2, 0.25) is 0 Å². The predicted molar refractivity (Wildman–Crippen MR) is 53.1 cm³/mol. The van der Waals surface area contributed by atoms with Crippen LogP contribution in [-0.2, 0) is 6.54 Å². The van der Waals surface area contributed by atoms with E-state index in [1.165, 1.54) is 5.56 Å². The van der Waals surface area contributed by atoms with Crippen molar-refractivity contribution in [2.45, 2.75) is 25.8 Å². The molecule has 1 aromatic heterocycles. The maximum atomic E-state index is 5.47. The Bertz CT molecular complexity index is 295. The van der Waals surface area contributed by atoms with Gasteiger partial charge in [0, 0.05) is 6.20 Å². The molecule has 0 aliphatic heterocycles. The molecule has 0 saturated heterocycles. The van der Waals surface area contributed by atoms with E-state index in [4.69, 9.17) is 12.2 Å². The Kier molecular flexibility index (Phi) is 3.53. The summed E-state index contributed by atoms with van der Waals surface area (Å²) >= 11 is 0. The molecule has 0 aliphatic carbocycles. The molecule has 0 spiro atoms. The minimum Gasteiger partial charge on any atom is -0.330 e. The van der Waals surface area contributed by atoms with Gasteiger partial charge >= 0.3 is 0 Å². The van der Waals surface area contributed by atoms with E-state index < -0.39 is 0 Å². The molecule has 0 aliphatic rings. The third-order valence-corrected chi connectivity index (χ3v) is 2.08. The highest BCUT2D eigenvalue weighted by atomic mass is 15.3. The molecule has 1 heterocycles. The lowest BCUT2D eigenvalue weighted by molar-refractivity contribution is 0.683. The van der Waals surface area contributed by atoms with Crippen LogP contribution < -0.4 is 5.73 Å². The zero-order chi connectivity index (χ0) is 9.68. The molecule has 3 heteroatoms. The highest BCUT2D eigenvalue weighted by Gasteiger charge is 2.06. The van der Waals surface area contributed by atoms with Crippen LogP contribution in [0.5, 0.6) is 0 Å². The highest BCUT2D eigenvalue weighted by Crippen LogP contribution is 2.16. The first-order chi connectivity index (χ1) is 6.27. The van der Waals surface area contributed by atoms with Gasteiger partial charge in [0.05, 0.1) is 6.20 Å². The lowest BCUT2D eigenvalue weighted by Crippen LogP contribution is -2.03. The van der Waals surface area contributed by atoms with E-state index in [0.717, 1.165) is 6.42 Å². The number of terminal acetylenes is 1. The maximum absolute atomic E-state index is 5.47. The third kappa shape index (κ3) is 2.60. The molecule has 0 bridgehead atoms. The van der Waals surface area contributed by atoms with Crippen LogP contribution >= 0.6 is 0 Å². The van der Waals surface area contributed by atoms with Crippen LogP contribution in [0.2, 0.25) is 0 Å². The van der Waals surface area contributed by atoms with E-state index in [0.29, 0.717) is 19.0 Å². The van der Waals surface area contributed by atoms with E-state index in [1.54, 1.807) is 4.68 Å². The average molecular weight is 177 g/mol. The van der Waals surface area contributed by atoms with Crippen LogP contribution in [0.1, 0.15) is 24.8 Å². The van der Waals surface area contributed by atoms with Gasteiger partial charge in [0.25, 0.3) is 0 Å². The van der Waals surface area contributed by atoms with Gasteiger partial charge in [-0.25, -0.2) is 0 Å². The Morgan fingerprint density at radius 3 is 3.15 bits per heavy atom. The van der Waals surface area contributed by atoms with E-state index in [9.17, 15) is 0 Å². The maximum Gasteiger partial charge on any atom is 0.101 e. The Morgan fingerprint density at radius 2 is 2.54 bits per heavy atom. The number of hydrogen-bond donors (Lipinski definition) is 1. The molecule has 1 atom stereocenters. The second-order valence-corrected chi connectivity index (χ2v) is 3.15. The minimum absolute atomic E-state index is 0.469. The van der Waals surface area contributed by atoms with Crippen LogP contribution in [0.15, 0.2) is 12.4 Å². The Balaban J connectivity index is 2.63. The Hall–Kier alpha value is -1.27. The van der Waals surface area contributed by atoms with Gasteiger partial charge < -0.3 is 5.73 Å². The predicted octanol–water partition coefficient (Wildman–Crippen LogP) is 0.969. The SMILES string of the molecule is C#CCn1cc(C(C)CCN)cn1. The molecule has 1 aromatic rings. The van der Waals surface area contributed by atoms with E-state index in [2.05, 4.69) is 17.9 Å². The van der Waals surface area contributed by atoms with Crippen molar-refractivity contribution in [2.24, 2.45) is 5.73 Å². The van der Waals surface area contributed by atoms with Crippen LogP contribution in [0.4, 0.5) is 0 Å². The van der Waals surface area contributed by atoms with Gasteiger partial charge in [-0.3, -0.25) is 4.68 Å². The Labute approximate surface area is 78.9 Å². The van der Waals surface area contributed by atoms with E-state index >= 15 is 0 Å². The molecule has 0 aromatic carbocycles. The van der Waals surface area contributed by atoms with E-state index in [-0.39, 0.29) is 0 Å². The van der Waals surface area contributed by atoms with Crippen molar-refractivity contribution in [2.75, 3.05) is 6.54 Å². The third-order valence-electron chi connectivity index (χ3n) is 2.08. The number of rotatable bonds is 4. The lowest BCUT2D eigenvalue weighted by Gasteiger charge is -2.05. The minimum atomic E-state index is 0.469. The van der Waals surface area contributed by atoms with Crippen molar-refractivity contribution in [3.05, 3.63) is 18.0 Å². The van der Waals surface area contributed by atoms with Gasteiger partial charge in [-0.15, -0.1) is 6.42 Å². The molecule has 70 valence electrons. The van der Waals surface area contributed by atoms with Crippen molar-refractivity contribution >= 4 is 0 Å². The zero-order valence-corrected chi connectivity index (χ0v) is 7.90. The number of nitrogens with zero attached hydrogens (tertiary/aromatic N) is 2. The molecule has 3 nitrogen and oxygen atoms in total. The molecular formula is C10H15N3. The molecular weight excluding hydrogens is 162 g/mol. The van der Waals surface area contributed by atoms with Gasteiger partial charge in [0.15, 0.2) is 0 Å². The summed E-state index contributed by atoms with van der Waals surface area (Å²) < 4.78 is 1.77. The van der Waals surface area contributed by atoms with Crippen molar-refractivity contribution < 1.29 is 0 Å². The first-order valence-corrected chi connectivity index (χ1v) is 4.43. The molecule has 0 fully saturated rings. The summed E-state index contributed by atoms with van der Waals surface area (Å²) in [7, 11) is 0. The van der Waals surface area contributed by atoms with Gasteiger partial charge in [-0.2, -0.15) is 5.10 Å². The summed E-state index contributed by atoms with van der Waals surface area (Å²) in [5.74, 6) is 3.01. The Morgan fingerprint density at radius 1 is 1.77 bits per heavy atom. The molecule has 0 radical (unpaired) electrons. The van der Waals surface area contributed by atoms with Crippen LogP contribution in [0.25, 0.3) is 0 Å². The van der Waals surface area contributed by atoms with Gasteiger partial charge in [-0.1, -0.05) is 12.8 Å². The summed E-state index contributed by atoms with van der Waals surface area (Å²) in [6.45, 7) is 3.39. The molecule has 2 N–H and O–H groups in total. The lowest BCUT2D eigenvalue weighted by atomic mass is 10.0.